The van der Waals surface area contributed by atoms with Gasteiger partial charge < -0.3 is 14.6 Å². The molecule has 32 heavy (non-hydrogen) atoms. The molecule has 0 radical (unpaired) electrons. The first-order chi connectivity index (χ1) is 15.7. The molecule has 0 aliphatic carbocycles. The fraction of sp³-hybridized carbons (Fsp3) is 0.571. The Bertz CT molecular complexity index is 758. The molecule has 0 saturated carbocycles. The van der Waals surface area contributed by atoms with Crippen LogP contribution in [-0.4, -0.2) is 49.5 Å². The zero-order chi connectivity index (χ0) is 22.7. The van der Waals surface area contributed by atoms with Crippen LogP contribution in [0.2, 0.25) is 0 Å². The van der Waals surface area contributed by atoms with Crippen LogP contribution in [0, 0.1) is 0 Å². The van der Waals surface area contributed by atoms with Gasteiger partial charge in [0, 0.05) is 25.6 Å². The fourth-order valence-corrected chi connectivity index (χ4v) is 4.78. The predicted molar refractivity (Wildman–Crippen MR) is 131 cm³/mol. The van der Waals surface area contributed by atoms with E-state index in [9.17, 15) is 5.11 Å². The molecule has 3 rings (SSSR count). The third kappa shape index (κ3) is 6.81. The summed E-state index contributed by atoms with van der Waals surface area (Å²) in [5.41, 5.74) is 1.25. The van der Waals surface area contributed by atoms with Crippen LogP contribution in [0.1, 0.15) is 69.4 Å². The minimum atomic E-state index is -0.934. The maximum absolute atomic E-state index is 12.4. The van der Waals surface area contributed by atoms with Crippen LogP contribution < -0.4 is 4.74 Å². The number of ether oxygens (including phenoxy) is 2. The molecule has 176 valence electrons. The summed E-state index contributed by atoms with van der Waals surface area (Å²) in [6.45, 7) is 9.06. The van der Waals surface area contributed by atoms with Crippen LogP contribution in [-0.2, 0) is 10.3 Å². The SMILES string of the molecule is CCCCCCC[C@](O)(c1ccc(OCC)cc1)[C@@H](CN1CCOCC1)c1ccccc1. The largest absolute Gasteiger partial charge is 0.494 e. The van der Waals surface area contributed by atoms with Gasteiger partial charge in [0.15, 0.2) is 0 Å². The number of nitrogens with zero attached hydrogens (tertiary/aromatic N) is 1. The summed E-state index contributed by atoms with van der Waals surface area (Å²) >= 11 is 0. The van der Waals surface area contributed by atoms with Crippen LogP contribution in [0.25, 0.3) is 0 Å². The number of rotatable bonds is 13. The van der Waals surface area contributed by atoms with Gasteiger partial charge in [-0.15, -0.1) is 0 Å². The molecular weight excluding hydrogens is 398 g/mol. The Morgan fingerprint density at radius 1 is 0.938 bits per heavy atom. The molecule has 2 atom stereocenters. The highest BCUT2D eigenvalue weighted by Crippen LogP contribution is 2.42. The van der Waals surface area contributed by atoms with Gasteiger partial charge in [0.05, 0.1) is 25.4 Å². The maximum Gasteiger partial charge on any atom is 0.119 e. The van der Waals surface area contributed by atoms with E-state index in [1.54, 1.807) is 0 Å². The smallest absolute Gasteiger partial charge is 0.119 e. The zero-order valence-corrected chi connectivity index (χ0v) is 20.0. The number of morpholine rings is 1. The number of benzene rings is 2. The zero-order valence-electron chi connectivity index (χ0n) is 20.0. The third-order valence-corrected chi connectivity index (χ3v) is 6.65. The van der Waals surface area contributed by atoms with Crippen LogP contribution >= 0.6 is 0 Å². The fourth-order valence-electron chi connectivity index (χ4n) is 4.78. The average molecular weight is 440 g/mol. The molecule has 2 aromatic rings. The van der Waals surface area contributed by atoms with Gasteiger partial charge in [0.25, 0.3) is 0 Å². The molecule has 0 aromatic heterocycles. The van der Waals surface area contributed by atoms with Gasteiger partial charge in [-0.05, 0) is 36.6 Å². The van der Waals surface area contributed by atoms with E-state index < -0.39 is 5.60 Å². The second-order valence-electron chi connectivity index (χ2n) is 8.92. The molecule has 1 aliphatic rings. The topological polar surface area (TPSA) is 41.9 Å². The molecule has 2 aromatic carbocycles. The minimum absolute atomic E-state index is 0.00841. The van der Waals surface area contributed by atoms with Gasteiger partial charge in [-0.2, -0.15) is 0 Å². The first kappa shape index (κ1) is 24.8. The molecule has 0 unspecified atom stereocenters. The molecule has 1 heterocycles. The summed E-state index contributed by atoms with van der Waals surface area (Å²) in [5.74, 6) is 0.844. The molecule has 1 N–H and O–H groups in total. The van der Waals surface area contributed by atoms with Crippen molar-refractivity contribution in [1.29, 1.82) is 0 Å². The Labute approximate surface area is 194 Å². The van der Waals surface area contributed by atoms with Crippen molar-refractivity contribution in [2.24, 2.45) is 0 Å². The number of aliphatic hydroxyl groups is 1. The van der Waals surface area contributed by atoms with Crippen LogP contribution in [0.4, 0.5) is 0 Å². The normalized spacial score (nSPS) is 17.6. The van der Waals surface area contributed by atoms with Gasteiger partial charge >= 0.3 is 0 Å². The lowest BCUT2D eigenvalue weighted by atomic mass is 9.73. The van der Waals surface area contributed by atoms with Crippen molar-refractivity contribution < 1.29 is 14.6 Å². The summed E-state index contributed by atoms with van der Waals surface area (Å²) in [6.07, 6.45) is 6.66. The van der Waals surface area contributed by atoms with Crippen LogP contribution in [0.15, 0.2) is 54.6 Å². The summed E-state index contributed by atoms with van der Waals surface area (Å²) < 4.78 is 11.2. The predicted octanol–water partition coefficient (Wildman–Crippen LogP) is 5.75. The Morgan fingerprint density at radius 2 is 1.62 bits per heavy atom. The van der Waals surface area contributed by atoms with E-state index in [2.05, 4.69) is 54.3 Å². The van der Waals surface area contributed by atoms with Crippen molar-refractivity contribution in [2.45, 2.75) is 63.9 Å². The van der Waals surface area contributed by atoms with E-state index in [-0.39, 0.29) is 5.92 Å². The summed E-state index contributed by atoms with van der Waals surface area (Å²) in [4.78, 5) is 2.44. The van der Waals surface area contributed by atoms with E-state index in [0.29, 0.717) is 6.61 Å². The van der Waals surface area contributed by atoms with Crippen molar-refractivity contribution in [3.05, 3.63) is 65.7 Å². The second-order valence-corrected chi connectivity index (χ2v) is 8.92. The van der Waals surface area contributed by atoms with Gasteiger partial charge in [0.2, 0.25) is 0 Å². The molecular formula is C28H41NO3. The molecule has 4 nitrogen and oxygen atoms in total. The molecule has 0 bridgehead atoms. The minimum Gasteiger partial charge on any atom is -0.494 e. The highest BCUT2D eigenvalue weighted by atomic mass is 16.5. The molecule has 1 saturated heterocycles. The molecule has 4 heteroatoms. The van der Waals surface area contributed by atoms with E-state index in [0.717, 1.165) is 63.4 Å². The van der Waals surface area contributed by atoms with E-state index in [4.69, 9.17) is 9.47 Å². The molecule has 0 spiro atoms. The van der Waals surface area contributed by atoms with Crippen molar-refractivity contribution in [2.75, 3.05) is 39.5 Å². The summed E-state index contributed by atoms with van der Waals surface area (Å²) in [7, 11) is 0. The third-order valence-electron chi connectivity index (χ3n) is 6.65. The first-order valence-corrected chi connectivity index (χ1v) is 12.5. The van der Waals surface area contributed by atoms with Crippen molar-refractivity contribution in [1.82, 2.24) is 4.90 Å². The first-order valence-electron chi connectivity index (χ1n) is 12.5. The Balaban J connectivity index is 1.91. The van der Waals surface area contributed by atoms with Crippen molar-refractivity contribution in [3.63, 3.8) is 0 Å². The number of hydrogen-bond donors (Lipinski definition) is 1. The molecule has 1 aliphatic heterocycles. The van der Waals surface area contributed by atoms with Crippen molar-refractivity contribution >= 4 is 0 Å². The lowest BCUT2D eigenvalue weighted by molar-refractivity contribution is -0.0296. The lowest BCUT2D eigenvalue weighted by Gasteiger charge is -2.41. The highest BCUT2D eigenvalue weighted by molar-refractivity contribution is 5.35. The van der Waals surface area contributed by atoms with E-state index in [1.807, 2.05) is 19.1 Å². The van der Waals surface area contributed by atoms with E-state index in [1.165, 1.54) is 24.8 Å². The lowest BCUT2D eigenvalue weighted by Crippen LogP contribution is -2.45. The number of hydrogen-bond acceptors (Lipinski definition) is 4. The Kier molecular flexibility index (Phi) is 10.0. The maximum atomic E-state index is 12.4. The average Bonchev–Trinajstić information content (AvgIpc) is 2.84. The van der Waals surface area contributed by atoms with Crippen LogP contribution in [0.3, 0.4) is 0 Å². The Hall–Kier alpha value is -1.88. The monoisotopic (exact) mass is 439 g/mol. The van der Waals surface area contributed by atoms with Gasteiger partial charge in [-0.25, -0.2) is 0 Å². The second kappa shape index (κ2) is 13.0. The van der Waals surface area contributed by atoms with Gasteiger partial charge in [-0.1, -0.05) is 81.5 Å². The Morgan fingerprint density at radius 3 is 2.28 bits per heavy atom. The van der Waals surface area contributed by atoms with Crippen molar-refractivity contribution in [3.8, 4) is 5.75 Å². The highest BCUT2D eigenvalue weighted by Gasteiger charge is 2.40. The van der Waals surface area contributed by atoms with E-state index >= 15 is 0 Å². The summed E-state index contributed by atoms with van der Waals surface area (Å²) in [5, 5.41) is 12.4. The quantitative estimate of drug-likeness (QED) is 0.404. The van der Waals surface area contributed by atoms with Gasteiger partial charge in [0.1, 0.15) is 5.75 Å². The van der Waals surface area contributed by atoms with Crippen LogP contribution in [0.5, 0.6) is 5.75 Å². The molecule has 1 fully saturated rings. The molecule has 0 amide bonds. The number of unbranched alkanes of at least 4 members (excludes halogenated alkanes) is 4. The van der Waals surface area contributed by atoms with Gasteiger partial charge in [-0.3, -0.25) is 4.90 Å². The summed E-state index contributed by atoms with van der Waals surface area (Å²) in [6, 6.07) is 18.7. The standard InChI is InChI=1S/C28H41NO3/c1-3-5-6-7-11-18-28(30,25-14-16-26(17-15-25)32-4-2)27(24-12-9-8-10-13-24)23-29-19-21-31-22-20-29/h8-10,12-17,27,30H,3-7,11,18-23H2,1-2H3/t27-,28-/m0/s1.